The molecule has 1 heterocycles. The van der Waals surface area contributed by atoms with Crippen LogP contribution in [0.5, 0.6) is 5.75 Å². The molecule has 0 aliphatic heterocycles. The Morgan fingerprint density at radius 1 is 0.528 bits per heavy atom. The van der Waals surface area contributed by atoms with E-state index in [0.29, 0.717) is 6.61 Å². The number of rotatable bonds is 18. The maximum atomic E-state index is 6.02. The van der Waals surface area contributed by atoms with Gasteiger partial charge in [0.1, 0.15) is 12.4 Å². The number of nitrogens with zero attached hydrogens (tertiary/aromatic N) is 2. The zero-order valence-corrected chi connectivity index (χ0v) is 22.7. The zero-order valence-electron chi connectivity index (χ0n) is 22.7. The normalized spacial score (nSPS) is 11.1. The Balaban J connectivity index is 1.37. The highest BCUT2D eigenvalue weighted by Crippen LogP contribution is 2.21. The van der Waals surface area contributed by atoms with Crippen molar-refractivity contribution in [3.05, 3.63) is 77.6 Å². The molecule has 3 nitrogen and oxygen atoms in total. The third kappa shape index (κ3) is 10.5. The maximum absolute atomic E-state index is 6.02. The van der Waals surface area contributed by atoms with Crippen LogP contribution >= 0.6 is 0 Å². The fourth-order valence-electron chi connectivity index (χ4n) is 4.52. The summed E-state index contributed by atoms with van der Waals surface area (Å²) < 4.78 is 6.02. The van der Waals surface area contributed by atoms with Crippen LogP contribution in [0.2, 0.25) is 0 Å². The molecule has 3 aromatic rings. The summed E-state index contributed by atoms with van der Waals surface area (Å²) in [7, 11) is 0. The van der Waals surface area contributed by atoms with E-state index in [2.05, 4.69) is 48.1 Å². The Bertz CT molecular complexity index is 948. The number of hydrogen-bond acceptors (Lipinski definition) is 3. The van der Waals surface area contributed by atoms with Gasteiger partial charge in [0.25, 0.3) is 0 Å². The van der Waals surface area contributed by atoms with Crippen molar-refractivity contribution < 1.29 is 4.74 Å². The Kier molecular flexibility index (Phi) is 13.1. The van der Waals surface area contributed by atoms with Crippen molar-refractivity contribution in [1.82, 2.24) is 9.97 Å². The molecule has 0 aliphatic carbocycles. The standard InChI is InChI=1S/C33H46N2O/c1-3-5-7-9-11-13-15-28-17-19-29(20-18-28)27-36-32-23-21-31(22-24-32)33-34-25-30(26-35-33)16-14-12-10-8-6-4-2/h17-26H,3-16,27H2,1-2H3. The second-order valence-electron chi connectivity index (χ2n) is 10.1. The van der Waals surface area contributed by atoms with Crippen molar-refractivity contribution in [2.45, 2.75) is 110 Å². The summed E-state index contributed by atoms with van der Waals surface area (Å²) in [6.07, 6.45) is 22.2. The Hall–Kier alpha value is -2.68. The van der Waals surface area contributed by atoms with Gasteiger partial charge in [0.05, 0.1) is 0 Å². The van der Waals surface area contributed by atoms with Gasteiger partial charge in [-0.15, -0.1) is 0 Å². The minimum Gasteiger partial charge on any atom is -0.489 e. The SMILES string of the molecule is CCCCCCCCc1ccc(COc2ccc(-c3ncc(CCCCCCCC)cn3)cc2)cc1. The third-order valence-electron chi connectivity index (χ3n) is 6.88. The highest BCUT2D eigenvalue weighted by molar-refractivity contribution is 5.55. The van der Waals surface area contributed by atoms with E-state index in [-0.39, 0.29) is 0 Å². The molecule has 0 amide bonds. The number of aryl methyl sites for hydroxylation is 2. The molecule has 36 heavy (non-hydrogen) atoms. The molecule has 0 spiro atoms. The van der Waals surface area contributed by atoms with Crippen molar-refractivity contribution in [3.8, 4) is 17.1 Å². The van der Waals surface area contributed by atoms with Gasteiger partial charge in [-0.2, -0.15) is 0 Å². The molecule has 0 saturated carbocycles. The van der Waals surface area contributed by atoms with Gasteiger partial charge in [0, 0.05) is 18.0 Å². The summed E-state index contributed by atoms with van der Waals surface area (Å²) in [4.78, 5) is 9.19. The van der Waals surface area contributed by atoms with E-state index in [1.54, 1.807) is 0 Å². The number of benzene rings is 2. The van der Waals surface area contributed by atoms with Crippen molar-refractivity contribution in [2.75, 3.05) is 0 Å². The lowest BCUT2D eigenvalue weighted by molar-refractivity contribution is 0.306. The molecule has 0 fully saturated rings. The van der Waals surface area contributed by atoms with Crippen LogP contribution in [0.25, 0.3) is 11.4 Å². The first kappa shape index (κ1) is 27.9. The van der Waals surface area contributed by atoms with Crippen molar-refractivity contribution >= 4 is 0 Å². The van der Waals surface area contributed by atoms with Gasteiger partial charge in [-0.1, -0.05) is 102 Å². The van der Waals surface area contributed by atoms with Gasteiger partial charge in [0.2, 0.25) is 0 Å². The van der Waals surface area contributed by atoms with Gasteiger partial charge in [0.15, 0.2) is 5.82 Å². The van der Waals surface area contributed by atoms with Crippen LogP contribution in [-0.2, 0) is 19.4 Å². The van der Waals surface area contributed by atoms with Gasteiger partial charge >= 0.3 is 0 Å². The molecule has 0 bridgehead atoms. The largest absolute Gasteiger partial charge is 0.489 e. The molecule has 1 aromatic heterocycles. The lowest BCUT2D eigenvalue weighted by Crippen LogP contribution is -1.96. The van der Waals surface area contributed by atoms with Gasteiger partial charge in [-0.05, 0) is 66.6 Å². The lowest BCUT2D eigenvalue weighted by atomic mass is 10.0. The molecule has 3 heteroatoms. The van der Waals surface area contributed by atoms with Gasteiger partial charge in [-0.25, -0.2) is 9.97 Å². The van der Waals surface area contributed by atoms with Gasteiger partial charge in [-0.3, -0.25) is 0 Å². The molecule has 0 saturated heterocycles. The second kappa shape index (κ2) is 16.9. The first-order valence-corrected chi connectivity index (χ1v) is 14.4. The monoisotopic (exact) mass is 486 g/mol. The van der Waals surface area contributed by atoms with Crippen LogP contribution in [-0.4, -0.2) is 9.97 Å². The van der Waals surface area contributed by atoms with Crippen LogP contribution in [0.4, 0.5) is 0 Å². The average Bonchev–Trinajstić information content (AvgIpc) is 2.93. The Labute approximate surface area is 219 Å². The molecular formula is C33H46N2O. The average molecular weight is 487 g/mol. The first-order chi connectivity index (χ1) is 17.8. The predicted molar refractivity (Wildman–Crippen MR) is 152 cm³/mol. The molecule has 0 radical (unpaired) electrons. The lowest BCUT2D eigenvalue weighted by Gasteiger charge is -2.08. The quantitative estimate of drug-likeness (QED) is 0.168. The highest BCUT2D eigenvalue weighted by Gasteiger charge is 2.04. The fourth-order valence-corrected chi connectivity index (χ4v) is 4.52. The predicted octanol–water partition coefficient (Wildman–Crippen LogP) is 9.53. The number of aromatic nitrogens is 2. The second-order valence-corrected chi connectivity index (χ2v) is 10.1. The first-order valence-electron chi connectivity index (χ1n) is 14.4. The van der Waals surface area contributed by atoms with Crippen LogP contribution in [0.15, 0.2) is 60.9 Å². The van der Waals surface area contributed by atoms with Crippen LogP contribution in [0.1, 0.15) is 108 Å². The Morgan fingerprint density at radius 2 is 1.03 bits per heavy atom. The van der Waals surface area contributed by atoms with E-state index in [9.17, 15) is 0 Å². The summed E-state index contributed by atoms with van der Waals surface area (Å²) in [5.74, 6) is 1.64. The van der Waals surface area contributed by atoms with E-state index in [1.165, 1.54) is 100 Å². The highest BCUT2D eigenvalue weighted by atomic mass is 16.5. The molecule has 0 N–H and O–H groups in total. The van der Waals surface area contributed by atoms with Crippen LogP contribution in [0, 0.1) is 0 Å². The summed E-state index contributed by atoms with van der Waals surface area (Å²) in [5.41, 5.74) is 4.88. The number of ether oxygens (including phenoxy) is 1. The van der Waals surface area contributed by atoms with E-state index < -0.39 is 0 Å². The molecule has 2 aromatic carbocycles. The van der Waals surface area contributed by atoms with E-state index in [0.717, 1.165) is 23.6 Å². The summed E-state index contributed by atoms with van der Waals surface area (Å²) in [6.45, 7) is 5.11. The number of unbranched alkanes of at least 4 members (excludes halogenated alkanes) is 10. The maximum Gasteiger partial charge on any atom is 0.159 e. The van der Waals surface area contributed by atoms with Crippen molar-refractivity contribution in [3.63, 3.8) is 0 Å². The molecule has 0 atom stereocenters. The summed E-state index contributed by atoms with van der Waals surface area (Å²) in [6, 6.07) is 17.0. The minimum atomic E-state index is 0.584. The topological polar surface area (TPSA) is 35.0 Å². The van der Waals surface area contributed by atoms with Crippen LogP contribution in [0.3, 0.4) is 0 Å². The molecule has 3 rings (SSSR count). The number of hydrogen-bond donors (Lipinski definition) is 0. The summed E-state index contributed by atoms with van der Waals surface area (Å²) >= 11 is 0. The fraction of sp³-hybridized carbons (Fsp3) is 0.515. The van der Waals surface area contributed by atoms with Crippen molar-refractivity contribution in [1.29, 1.82) is 0 Å². The van der Waals surface area contributed by atoms with Crippen LogP contribution < -0.4 is 4.74 Å². The van der Waals surface area contributed by atoms with E-state index in [1.807, 2.05) is 36.7 Å². The molecule has 0 unspecified atom stereocenters. The van der Waals surface area contributed by atoms with Gasteiger partial charge < -0.3 is 4.74 Å². The smallest absolute Gasteiger partial charge is 0.159 e. The van der Waals surface area contributed by atoms with E-state index >= 15 is 0 Å². The zero-order chi connectivity index (χ0) is 25.3. The Morgan fingerprint density at radius 3 is 1.61 bits per heavy atom. The minimum absolute atomic E-state index is 0.584. The van der Waals surface area contributed by atoms with Crippen molar-refractivity contribution in [2.24, 2.45) is 0 Å². The molecular weight excluding hydrogens is 440 g/mol. The third-order valence-corrected chi connectivity index (χ3v) is 6.88. The molecule has 194 valence electrons. The summed E-state index contributed by atoms with van der Waals surface area (Å²) in [5, 5.41) is 0. The van der Waals surface area contributed by atoms with E-state index in [4.69, 9.17) is 4.74 Å². The molecule has 0 aliphatic rings.